The molecule has 3 saturated carbocycles. The second-order valence-corrected chi connectivity index (χ2v) is 12.9. The number of halogens is 2. The molecule has 39 heavy (non-hydrogen) atoms. The molecule has 0 aliphatic heterocycles. The fourth-order valence-electron chi connectivity index (χ4n) is 8.28. The van der Waals surface area contributed by atoms with Crippen molar-refractivity contribution in [3.8, 4) is 0 Å². The molecule has 5 aliphatic rings. The van der Waals surface area contributed by atoms with Crippen LogP contribution in [0, 0.1) is 34.0 Å². The molecule has 0 bridgehead atoms. The Hall–Kier alpha value is -2.59. The fraction of sp³-hybridized carbons (Fsp3) is 0.586. The molecular weight excluding hydrogens is 528 g/mol. The van der Waals surface area contributed by atoms with Crippen LogP contribution in [0.3, 0.4) is 0 Å². The second-order valence-electron chi connectivity index (χ2n) is 12.0. The van der Waals surface area contributed by atoms with Gasteiger partial charge in [0.25, 0.3) is 0 Å². The molecule has 7 nitrogen and oxygen atoms in total. The standard InChI is InChI=1S/C29H33F2NO6S/c1-15-10-18-19-12-21(30)20-11-17(32)8-9-26(20,2)28(19,31)22(33)13-27(18,3)29(15,25(37)39-14-23(34)35)38-24(36)16-6-4-5-7-16/h4-6,8-9,11,15,18-19,21-22,32-33H,7,10,12-14H2,1-3H3,(H,34,35)/t15?,18?,19?,21-,22-,26?,27?,28-,29-/m0/s1. The highest BCUT2D eigenvalue weighted by Crippen LogP contribution is 2.72. The molecule has 0 aromatic carbocycles. The predicted octanol–water partition coefficient (Wildman–Crippen LogP) is 4.51. The largest absolute Gasteiger partial charge is 0.481 e. The van der Waals surface area contributed by atoms with Crippen molar-refractivity contribution in [2.75, 3.05) is 5.75 Å². The van der Waals surface area contributed by atoms with Crippen LogP contribution in [0.2, 0.25) is 0 Å². The number of esters is 1. The molecule has 0 radical (unpaired) electrons. The molecule has 0 spiro atoms. The molecule has 10 heteroatoms. The summed E-state index contributed by atoms with van der Waals surface area (Å²) in [5, 5.41) is 28.2. The summed E-state index contributed by atoms with van der Waals surface area (Å²) in [5.74, 6) is -4.80. The van der Waals surface area contributed by atoms with Gasteiger partial charge in [-0.15, -0.1) is 0 Å². The van der Waals surface area contributed by atoms with E-state index in [9.17, 15) is 24.6 Å². The van der Waals surface area contributed by atoms with Crippen molar-refractivity contribution >= 4 is 34.5 Å². The minimum atomic E-state index is -2.29. The number of aliphatic carboxylic acids is 1. The molecule has 0 amide bonds. The highest BCUT2D eigenvalue weighted by atomic mass is 32.2. The summed E-state index contributed by atoms with van der Waals surface area (Å²) in [5.41, 5.74) is -6.44. The third-order valence-corrected chi connectivity index (χ3v) is 11.1. The van der Waals surface area contributed by atoms with Gasteiger partial charge in [0.05, 0.1) is 17.6 Å². The monoisotopic (exact) mass is 561 g/mol. The number of aliphatic hydroxyl groups is 1. The van der Waals surface area contributed by atoms with Gasteiger partial charge in [-0.05, 0) is 56.3 Å². The van der Waals surface area contributed by atoms with E-state index in [0.29, 0.717) is 23.8 Å². The number of ether oxygens (including phenoxy) is 1. The first kappa shape index (κ1) is 28.0. The van der Waals surface area contributed by atoms with Crippen molar-refractivity contribution < 1.29 is 38.1 Å². The number of nitrogens with one attached hydrogen (secondary N) is 1. The van der Waals surface area contributed by atoms with Crippen LogP contribution in [0.4, 0.5) is 8.78 Å². The normalized spacial score (nSPS) is 44.2. The smallest absolute Gasteiger partial charge is 0.335 e. The van der Waals surface area contributed by atoms with E-state index in [4.69, 9.17) is 10.1 Å². The summed E-state index contributed by atoms with van der Waals surface area (Å²) in [6.07, 6.45) is 6.10. The van der Waals surface area contributed by atoms with E-state index >= 15 is 8.78 Å². The summed E-state index contributed by atoms with van der Waals surface area (Å²) >= 11 is 0.527. The Morgan fingerprint density at radius 2 is 1.95 bits per heavy atom. The maximum Gasteiger partial charge on any atom is 0.335 e. The first-order valence-corrected chi connectivity index (χ1v) is 14.2. The minimum Gasteiger partial charge on any atom is -0.481 e. The zero-order chi connectivity index (χ0) is 28.5. The van der Waals surface area contributed by atoms with Gasteiger partial charge < -0.3 is 20.4 Å². The number of hydrogen-bond acceptors (Lipinski definition) is 7. The second kappa shape index (κ2) is 9.23. The van der Waals surface area contributed by atoms with Gasteiger partial charge in [0, 0.05) is 28.2 Å². The van der Waals surface area contributed by atoms with Gasteiger partial charge in [-0.3, -0.25) is 9.59 Å². The number of carbonyl (C=O) groups excluding carboxylic acids is 2. The first-order chi connectivity index (χ1) is 18.2. The van der Waals surface area contributed by atoms with E-state index in [2.05, 4.69) is 0 Å². The van der Waals surface area contributed by atoms with Crippen LogP contribution in [0.1, 0.15) is 46.5 Å². The lowest BCUT2D eigenvalue weighted by Crippen LogP contribution is -2.70. The van der Waals surface area contributed by atoms with Crippen LogP contribution in [0.5, 0.6) is 0 Å². The summed E-state index contributed by atoms with van der Waals surface area (Å²) in [4.78, 5) is 38.6. The number of carboxylic acid groups (broad SMARTS) is 1. The number of thioether (sulfide) groups is 1. The number of fused-ring (bicyclic) bond motifs is 5. The Bertz CT molecular complexity index is 1280. The van der Waals surface area contributed by atoms with Crippen LogP contribution >= 0.6 is 11.8 Å². The van der Waals surface area contributed by atoms with Crippen molar-refractivity contribution in [3.05, 3.63) is 47.6 Å². The third kappa shape index (κ3) is 3.70. The van der Waals surface area contributed by atoms with Gasteiger partial charge in [0.15, 0.2) is 11.3 Å². The molecule has 5 aliphatic carbocycles. The van der Waals surface area contributed by atoms with Crippen molar-refractivity contribution in [2.45, 2.75) is 70.0 Å². The van der Waals surface area contributed by atoms with Crippen LogP contribution in [0.25, 0.3) is 0 Å². The average molecular weight is 562 g/mol. The van der Waals surface area contributed by atoms with Gasteiger partial charge in [-0.2, -0.15) is 0 Å². The number of carboxylic acids is 1. The first-order valence-electron chi connectivity index (χ1n) is 13.2. The number of alkyl halides is 2. The van der Waals surface area contributed by atoms with E-state index in [-0.39, 0.29) is 30.5 Å². The maximum atomic E-state index is 17.5. The van der Waals surface area contributed by atoms with Crippen molar-refractivity contribution in [3.63, 3.8) is 0 Å². The maximum absolute atomic E-state index is 17.5. The molecule has 9 atom stereocenters. The fourth-order valence-corrected chi connectivity index (χ4v) is 9.23. The SMILES string of the molecule is CC1CC2C3C[C@H](F)C4=CC(=N)C=CC4(C)[C@@]3(F)[C@@H](O)CC2(C)[C@@]1(OC(=O)C1=CC=CC1)C(=O)SCC(=O)O. The van der Waals surface area contributed by atoms with Crippen molar-refractivity contribution in [2.24, 2.45) is 28.6 Å². The summed E-state index contributed by atoms with van der Waals surface area (Å²) in [6, 6.07) is 0. The highest BCUT2D eigenvalue weighted by Gasteiger charge is 2.78. The van der Waals surface area contributed by atoms with Crippen LogP contribution < -0.4 is 0 Å². The Kier molecular flexibility index (Phi) is 6.61. The van der Waals surface area contributed by atoms with Crippen LogP contribution in [-0.4, -0.2) is 62.3 Å². The van der Waals surface area contributed by atoms with Crippen LogP contribution in [-0.2, 0) is 19.1 Å². The number of allylic oxidation sites excluding steroid dienone is 7. The summed E-state index contributed by atoms with van der Waals surface area (Å²) < 4.78 is 39.4. The summed E-state index contributed by atoms with van der Waals surface area (Å²) in [7, 11) is 0. The molecule has 3 fully saturated rings. The van der Waals surface area contributed by atoms with Crippen LogP contribution in [0.15, 0.2) is 47.6 Å². The average Bonchev–Trinajstić information content (AvgIpc) is 3.48. The Balaban J connectivity index is 1.62. The lowest BCUT2D eigenvalue weighted by Gasteiger charge is -2.63. The quantitative estimate of drug-likeness (QED) is 0.422. The van der Waals surface area contributed by atoms with Gasteiger partial charge in [-0.25, -0.2) is 13.6 Å². The highest BCUT2D eigenvalue weighted by molar-refractivity contribution is 8.14. The van der Waals surface area contributed by atoms with E-state index in [1.165, 1.54) is 18.2 Å². The number of rotatable bonds is 5. The number of carbonyl (C=O) groups is 3. The Labute approximate surface area is 229 Å². The van der Waals surface area contributed by atoms with Gasteiger partial charge in [0.1, 0.15) is 6.17 Å². The van der Waals surface area contributed by atoms with E-state index in [1.807, 2.05) is 0 Å². The lowest BCUT2D eigenvalue weighted by atomic mass is 9.44. The van der Waals surface area contributed by atoms with E-state index in [1.54, 1.807) is 39.0 Å². The molecule has 5 unspecified atom stereocenters. The lowest BCUT2D eigenvalue weighted by molar-refractivity contribution is -0.227. The molecule has 0 aromatic heterocycles. The zero-order valence-corrected chi connectivity index (χ0v) is 22.9. The Morgan fingerprint density at radius 1 is 1.23 bits per heavy atom. The molecule has 5 rings (SSSR count). The third-order valence-electron chi connectivity index (χ3n) is 10.1. The predicted molar refractivity (Wildman–Crippen MR) is 142 cm³/mol. The topological polar surface area (TPSA) is 125 Å². The molecule has 0 heterocycles. The number of aliphatic hydroxyl groups excluding tert-OH is 1. The number of hydrogen-bond donors (Lipinski definition) is 3. The molecule has 210 valence electrons. The van der Waals surface area contributed by atoms with Gasteiger partial charge in [-0.1, -0.05) is 49.9 Å². The zero-order valence-electron chi connectivity index (χ0n) is 22.1. The molecule has 3 N–H and O–H groups in total. The Morgan fingerprint density at radius 3 is 2.59 bits per heavy atom. The van der Waals surface area contributed by atoms with E-state index in [0.717, 1.165) is 0 Å². The minimum absolute atomic E-state index is 0.0551. The van der Waals surface area contributed by atoms with Gasteiger partial charge in [0.2, 0.25) is 5.12 Å². The van der Waals surface area contributed by atoms with Crippen molar-refractivity contribution in [1.82, 2.24) is 0 Å². The van der Waals surface area contributed by atoms with Gasteiger partial charge >= 0.3 is 11.9 Å². The molecular formula is C29H33F2NO6S. The molecule has 0 aromatic rings. The van der Waals surface area contributed by atoms with Crippen molar-refractivity contribution in [1.29, 1.82) is 5.41 Å². The van der Waals surface area contributed by atoms with E-state index < -0.39 is 74.9 Å². The summed E-state index contributed by atoms with van der Waals surface area (Å²) in [6.45, 7) is 4.95. The molecule has 0 saturated heterocycles.